The molecule has 0 unspecified atom stereocenters. The molecule has 3 N–H and O–H groups in total. The Bertz CT molecular complexity index is 1100. The number of nitrogens with zero attached hydrogens (tertiary/aromatic N) is 2. The van der Waals surface area contributed by atoms with Gasteiger partial charge in [0, 0.05) is 17.7 Å². The number of alkyl halides is 3. The largest absolute Gasteiger partial charge is 0.433 e. The number of nitrogens with one attached hydrogen (secondary N) is 1. The number of aryl methyl sites for hydroxylation is 1. The van der Waals surface area contributed by atoms with Gasteiger partial charge in [-0.1, -0.05) is 41.6 Å². The van der Waals surface area contributed by atoms with E-state index in [1.807, 2.05) is 6.07 Å². The van der Waals surface area contributed by atoms with Crippen LogP contribution in [0.25, 0.3) is 11.3 Å². The average Bonchev–Trinajstić information content (AvgIpc) is 3.29. The molecule has 1 saturated carbocycles. The molecule has 0 bridgehead atoms. The fourth-order valence-electron chi connectivity index (χ4n) is 4.00. The number of hydrogen-bond acceptors (Lipinski definition) is 6. The summed E-state index contributed by atoms with van der Waals surface area (Å²) in [5.74, 6) is -0.952. The highest BCUT2D eigenvalue weighted by atomic mass is 19.4. The van der Waals surface area contributed by atoms with Crippen LogP contribution in [0.5, 0.6) is 0 Å². The maximum Gasteiger partial charge on any atom is 0.433 e. The van der Waals surface area contributed by atoms with Gasteiger partial charge in [-0.25, -0.2) is 0 Å². The van der Waals surface area contributed by atoms with Crippen LogP contribution < -0.4 is 5.32 Å². The summed E-state index contributed by atoms with van der Waals surface area (Å²) in [7, 11) is 0. The molecule has 0 radical (unpaired) electrons. The third-order valence-electron chi connectivity index (χ3n) is 5.63. The molecule has 0 saturated heterocycles. The van der Waals surface area contributed by atoms with Crippen LogP contribution in [0.2, 0.25) is 0 Å². The lowest BCUT2D eigenvalue weighted by Gasteiger charge is -2.24. The minimum Gasteiger partial charge on any atom is -0.390 e. The zero-order valence-corrected chi connectivity index (χ0v) is 16.9. The van der Waals surface area contributed by atoms with Gasteiger partial charge in [-0.15, -0.1) is 0 Å². The van der Waals surface area contributed by atoms with Crippen molar-refractivity contribution < 1.29 is 32.7 Å². The van der Waals surface area contributed by atoms with E-state index in [0.29, 0.717) is 16.8 Å². The quantitative estimate of drug-likeness (QED) is 0.567. The van der Waals surface area contributed by atoms with E-state index in [1.54, 1.807) is 31.2 Å². The number of carbonyl (C=O) groups is 1. The number of benzene rings is 1. The second-order valence-corrected chi connectivity index (χ2v) is 7.70. The normalized spacial score (nSPS) is 23.3. The number of aromatic nitrogens is 2. The molecule has 4 rings (SSSR count). The lowest BCUT2D eigenvalue weighted by Crippen LogP contribution is -2.45. The van der Waals surface area contributed by atoms with Gasteiger partial charge in [-0.05, 0) is 25.0 Å². The monoisotopic (exact) mass is 447 g/mol. The molecule has 168 valence electrons. The first-order valence-corrected chi connectivity index (χ1v) is 9.88. The molecule has 2 heterocycles. The Morgan fingerprint density at radius 1 is 1.16 bits per heavy atom. The molecule has 0 aliphatic heterocycles. The average molecular weight is 447 g/mol. The first kappa shape index (κ1) is 22.0. The third kappa shape index (κ3) is 4.11. The fraction of sp³-hybridized carbons (Fsp3) is 0.318. The van der Waals surface area contributed by atoms with Crippen LogP contribution in [0, 0.1) is 6.92 Å². The van der Waals surface area contributed by atoms with Crippen LogP contribution in [-0.2, 0) is 6.18 Å². The number of hydrogen-bond donors (Lipinski definition) is 3. The number of rotatable bonds is 4. The van der Waals surface area contributed by atoms with Crippen molar-refractivity contribution in [2.24, 2.45) is 0 Å². The van der Waals surface area contributed by atoms with Crippen LogP contribution in [0.4, 0.5) is 13.2 Å². The molecule has 1 aromatic carbocycles. The second-order valence-electron chi connectivity index (χ2n) is 7.70. The van der Waals surface area contributed by atoms with Gasteiger partial charge in [-0.3, -0.25) is 9.78 Å². The predicted molar refractivity (Wildman–Crippen MR) is 107 cm³/mol. The van der Waals surface area contributed by atoms with Gasteiger partial charge in [0.2, 0.25) is 0 Å². The number of aliphatic hydroxyl groups excluding tert-OH is 2. The molecular weight excluding hydrogens is 427 g/mol. The summed E-state index contributed by atoms with van der Waals surface area (Å²) >= 11 is 0. The first-order chi connectivity index (χ1) is 15.2. The topological polar surface area (TPSA) is 108 Å². The van der Waals surface area contributed by atoms with Crippen molar-refractivity contribution in [2.45, 2.75) is 43.7 Å². The van der Waals surface area contributed by atoms with E-state index in [-0.39, 0.29) is 17.7 Å². The van der Waals surface area contributed by atoms with Crippen molar-refractivity contribution >= 4 is 5.91 Å². The Hall–Kier alpha value is -3.24. The Kier molecular flexibility index (Phi) is 5.74. The predicted octanol–water partition coefficient (Wildman–Crippen LogP) is 3.07. The number of aliphatic hydroxyl groups is 2. The van der Waals surface area contributed by atoms with Crippen LogP contribution >= 0.6 is 0 Å². The van der Waals surface area contributed by atoms with E-state index in [9.17, 15) is 28.2 Å². The summed E-state index contributed by atoms with van der Waals surface area (Å²) in [6.45, 7) is 1.57. The molecule has 3 aromatic rings. The van der Waals surface area contributed by atoms with Crippen LogP contribution in [-0.4, -0.2) is 44.5 Å². The number of carbonyl (C=O) groups excluding carboxylic acids is 1. The highest BCUT2D eigenvalue weighted by Gasteiger charge is 2.44. The summed E-state index contributed by atoms with van der Waals surface area (Å²) in [4.78, 5) is 16.6. The summed E-state index contributed by atoms with van der Waals surface area (Å²) in [6.07, 6.45) is -5.96. The van der Waals surface area contributed by atoms with E-state index >= 15 is 0 Å². The molecule has 10 heteroatoms. The summed E-state index contributed by atoms with van der Waals surface area (Å²) in [5.41, 5.74) is 0.471. The van der Waals surface area contributed by atoms with E-state index in [4.69, 9.17) is 4.52 Å². The van der Waals surface area contributed by atoms with Crippen LogP contribution in [0.15, 0.2) is 53.2 Å². The molecule has 1 aliphatic rings. The minimum absolute atomic E-state index is 0.0489. The van der Waals surface area contributed by atoms with E-state index in [1.165, 1.54) is 6.07 Å². The highest BCUT2D eigenvalue weighted by Crippen LogP contribution is 2.37. The Morgan fingerprint density at radius 2 is 1.88 bits per heavy atom. The van der Waals surface area contributed by atoms with Gasteiger partial charge in [0.15, 0.2) is 0 Å². The second kappa shape index (κ2) is 8.36. The van der Waals surface area contributed by atoms with Gasteiger partial charge < -0.3 is 20.1 Å². The Morgan fingerprint density at radius 3 is 2.50 bits per heavy atom. The molecular formula is C22H20F3N3O4. The summed E-state index contributed by atoms with van der Waals surface area (Å²) < 4.78 is 43.7. The van der Waals surface area contributed by atoms with Gasteiger partial charge in [0.1, 0.15) is 28.8 Å². The molecule has 7 nitrogen and oxygen atoms in total. The molecule has 1 fully saturated rings. The molecule has 32 heavy (non-hydrogen) atoms. The standard InChI is InChI=1S/C22H20F3N3O4/c1-11-17(18(28-32-11)12-5-3-2-4-6-12)21(31)27-19-14(9-15(29)20(19)30)13-7-8-16(26-10-13)22(23,24)25/h2-8,10,14-15,19-20,29-30H,9H2,1H3,(H,27,31)/t14-,15-,19-,20-/m1/s1. The maximum absolute atomic E-state index is 13.1. The van der Waals surface area contributed by atoms with Crippen molar-refractivity contribution in [3.8, 4) is 11.3 Å². The molecule has 2 aromatic heterocycles. The lowest BCUT2D eigenvalue weighted by molar-refractivity contribution is -0.141. The first-order valence-electron chi connectivity index (χ1n) is 9.88. The van der Waals surface area contributed by atoms with Gasteiger partial charge in [0.05, 0.1) is 12.1 Å². The molecule has 4 atom stereocenters. The van der Waals surface area contributed by atoms with Gasteiger partial charge >= 0.3 is 6.18 Å². The molecule has 1 amide bonds. The summed E-state index contributed by atoms with van der Waals surface area (Å²) in [5, 5.41) is 27.3. The van der Waals surface area contributed by atoms with Crippen LogP contribution in [0.1, 0.15) is 39.7 Å². The van der Waals surface area contributed by atoms with E-state index in [2.05, 4.69) is 15.5 Å². The van der Waals surface area contributed by atoms with Crippen molar-refractivity contribution in [1.82, 2.24) is 15.5 Å². The zero-order chi connectivity index (χ0) is 23.0. The SMILES string of the molecule is Cc1onc(-c2ccccc2)c1C(=O)N[C@H]1[C@H](O)[C@H](O)C[C@@H]1c1ccc(C(F)(F)F)nc1. The lowest BCUT2D eigenvalue weighted by atomic mass is 9.94. The number of halogens is 3. The smallest absolute Gasteiger partial charge is 0.390 e. The summed E-state index contributed by atoms with van der Waals surface area (Å²) in [6, 6.07) is 10.0. The fourth-order valence-corrected chi connectivity index (χ4v) is 4.00. The van der Waals surface area contributed by atoms with E-state index < -0.39 is 41.9 Å². The highest BCUT2D eigenvalue weighted by molar-refractivity contribution is 6.01. The minimum atomic E-state index is -4.58. The van der Waals surface area contributed by atoms with Crippen molar-refractivity contribution in [3.05, 3.63) is 71.2 Å². The van der Waals surface area contributed by atoms with Crippen LogP contribution in [0.3, 0.4) is 0 Å². The Labute approximate surface area is 180 Å². The third-order valence-corrected chi connectivity index (χ3v) is 5.63. The van der Waals surface area contributed by atoms with E-state index in [0.717, 1.165) is 12.3 Å². The van der Waals surface area contributed by atoms with Crippen molar-refractivity contribution in [2.75, 3.05) is 0 Å². The molecule has 1 aliphatic carbocycles. The zero-order valence-electron chi connectivity index (χ0n) is 16.9. The Balaban J connectivity index is 1.61. The van der Waals surface area contributed by atoms with Gasteiger partial charge in [-0.2, -0.15) is 13.2 Å². The number of amides is 1. The number of pyridine rings is 1. The molecule has 0 spiro atoms. The van der Waals surface area contributed by atoms with Crippen molar-refractivity contribution in [1.29, 1.82) is 0 Å². The van der Waals surface area contributed by atoms with Crippen molar-refractivity contribution in [3.63, 3.8) is 0 Å². The van der Waals surface area contributed by atoms with Gasteiger partial charge in [0.25, 0.3) is 5.91 Å². The maximum atomic E-state index is 13.1.